The summed E-state index contributed by atoms with van der Waals surface area (Å²) in [5.41, 5.74) is 2.08. The molecule has 14 heavy (non-hydrogen) atoms. The summed E-state index contributed by atoms with van der Waals surface area (Å²) in [6.07, 6.45) is 5.38. The van der Waals surface area contributed by atoms with Crippen LogP contribution in [0.1, 0.15) is 17.2 Å². The van der Waals surface area contributed by atoms with Gasteiger partial charge in [0, 0.05) is 0 Å². The van der Waals surface area contributed by atoms with Gasteiger partial charge in [-0.25, -0.2) is 0 Å². The largest absolute Gasteiger partial charge is 0.364 e. The first-order valence-corrected chi connectivity index (χ1v) is 4.53. The Morgan fingerprint density at radius 3 is 3.07 bits per heavy atom. The van der Waals surface area contributed by atoms with E-state index in [1.54, 1.807) is 0 Å². The molecule has 1 aromatic carbocycles. The van der Waals surface area contributed by atoms with Crippen LogP contribution < -0.4 is 0 Å². The van der Waals surface area contributed by atoms with Gasteiger partial charge in [-0.15, -0.1) is 6.42 Å². The predicted octanol–water partition coefficient (Wildman–Crippen LogP) is 1.50. The molecule has 0 aliphatic carbocycles. The lowest BCUT2D eigenvalue weighted by Crippen LogP contribution is -2.22. The minimum Gasteiger partial charge on any atom is -0.364 e. The summed E-state index contributed by atoms with van der Waals surface area (Å²) in [4.78, 5) is 11.4. The van der Waals surface area contributed by atoms with Gasteiger partial charge in [0.25, 0.3) is 0 Å². The summed E-state index contributed by atoms with van der Waals surface area (Å²) < 4.78 is 5.37. The fourth-order valence-corrected chi connectivity index (χ4v) is 1.69. The number of Topliss-reactive ketones (excluding diaryl/α,β-unsaturated/α-hetero) is 1. The second-order valence-corrected chi connectivity index (χ2v) is 3.21. The lowest BCUT2D eigenvalue weighted by atomic mass is 9.95. The zero-order valence-corrected chi connectivity index (χ0v) is 7.69. The number of ether oxygens (including phenoxy) is 1. The molecule has 0 aromatic heterocycles. The molecule has 70 valence electrons. The Kier molecular flexibility index (Phi) is 2.34. The van der Waals surface area contributed by atoms with E-state index in [4.69, 9.17) is 11.2 Å². The maximum Gasteiger partial charge on any atom is 0.238 e. The molecule has 0 amide bonds. The normalized spacial score (nSPS) is 19.5. The van der Waals surface area contributed by atoms with Gasteiger partial charge in [-0.1, -0.05) is 24.3 Å². The minimum atomic E-state index is -0.551. The third-order valence-electron chi connectivity index (χ3n) is 2.37. The molecule has 0 saturated heterocycles. The predicted molar refractivity (Wildman–Crippen MR) is 52.7 cm³/mol. The van der Waals surface area contributed by atoms with Gasteiger partial charge in [0.2, 0.25) is 5.78 Å². The first-order chi connectivity index (χ1) is 6.83. The molecule has 2 heteroatoms. The first kappa shape index (κ1) is 8.98. The highest BCUT2D eigenvalue weighted by atomic mass is 16.5. The molecular weight excluding hydrogens is 176 g/mol. The standard InChI is InChI=1S/C12H10O2/c1-2-11(13)12-10-6-4-3-5-9(10)7-8-14-12/h1,3-6,12H,7-8H2. The molecular formula is C12H10O2. The van der Waals surface area contributed by atoms with Crippen LogP contribution in [0.3, 0.4) is 0 Å². The van der Waals surface area contributed by atoms with Crippen molar-refractivity contribution in [1.29, 1.82) is 0 Å². The third kappa shape index (κ3) is 1.43. The van der Waals surface area contributed by atoms with Gasteiger partial charge in [0.1, 0.15) is 0 Å². The number of carbonyl (C=O) groups is 1. The summed E-state index contributed by atoms with van der Waals surface area (Å²) in [6, 6.07) is 7.76. The van der Waals surface area contributed by atoms with Crippen LogP contribution in [-0.2, 0) is 16.0 Å². The van der Waals surface area contributed by atoms with Crippen LogP contribution in [0.25, 0.3) is 0 Å². The molecule has 1 aliphatic heterocycles. The van der Waals surface area contributed by atoms with Gasteiger partial charge in [-0.05, 0) is 23.5 Å². The van der Waals surface area contributed by atoms with Crippen molar-refractivity contribution in [3.63, 3.8) is 0 Å². The maximum atomic E-state index is 11.4. The van der Waals surface area contributed by atoms with E-state index in [2.05, 4.69) is 5.92 Å². The van der Waals surface area contributed by atoms with Gasteiger partial charge in [0.15, 0.2) is 6.10 Å². The molecule has 0 radical (unpaired) electrons. The Balaban J connectivity index is 2.41. The van der Waals surface area contributed by atoms with Crippen molar-refractivity contribution >= 4 is 5.78 Å². The SMILES string of the molecule is C#CC(=O)C1OCCc2ccccc21. The molecule has 1 heterocycles. The molecule has 0 spiro atoms. The number of terminal acetylenes is 1. The number of hydrogen-bond acceptors (Lipinski definition) is 2. The van der Waals surface area contributed by atoms with E-state index < -0.39 is 6.10 Å². The summed E-state index contributed by atoms with van der Waals surface area (Å²) in [7, 11) is 0. The van der Waals surface area contributed by atoms with Crippen molar-refractivity contribution in [3.8, 4) is 12.3 Å². The highest BCUT2D eigenvalue weighted by molar-refractivity contribution is 5.99. The Morgan fingerprint density at radius 1 is 1.50 bits per heavy atom. The van der Waals surface area contributed by atoms with E-state index in [-0.39, 0.29) is 5.78 Å². The van der Waals surface area contributed by atoms with E-state index in [1.165, 1.54) is 0 Å². The Labute approximate surface area is 82.9 Å². The molecule has 1 atom stereocenters. The highest BCUT2D eigenvalue weighted by Crippen LogP contribution is 2.27. The fourth-order valence-electron chi connectivity index (χ4n) is 1.69. The fraction of sp³-hybridized carbons (Fsp3) is 0.250. The number of ketones is 1. The zero-order chi connectivity index (χ0) is 9.97. The second kappa shape index (κ2) is 3.65. The lowest BCUT2D eigenvalue weighted by molar-refractivity contribution is -0.125. The maximum absolute atomic E-state index is 11.4. The summed E-state index contributed by atoms with van der Waals surface area (Å²) >= 11 is 0. The topological polar surface area (TPSA) is 26.3 Å². The lowest BCUT2D eigenvalue weighted by Gasteiger charge is -2.23. The molecule has 0 N–H and O–H groups in total. The van der Waals surface area contributed by atoms with Crippen LogP contribution in [0.4, 0.5) is 0 Å². The average Bonchev–Trinajstić information content (AvgIpc) is 2.27. The molecule has 1 unspecified atom stereocenters. The molecule has 2 nitrogen and oxygen atoms in total. The van der Waals surface area contributed by atoms with Crippen LogP contribution in [0.2, 0.25) is 0 Å². The number of carbonyl (C=O) groups excluding carboxylic acids is 1. The van der Waals surface area contributed by atoms with E-state index in [9.17, 15) is 4.79 Å². The molecule has 1 aliphatic rings. The summed E-state index contributed by atoms with van der Waals surface area (Å²) in [6.45, 7) is 0.565. The summed E-state index contributed by atoms with van der Waals surface area (Å²) in [5.74, 6) is 1.82. The summed E-state index contributed by atoms with van der Waals surface area (Å²) in [5, 5.41) is 0. The molecule has 2 rings (SSSR count). The second-order valence-electron chi connectivity index (χ2n) is 3.21. The van der Waals surface area contributed by atoms with Crippen LogP contribution in [0.15, 0.2) is 24.3 Å². The molecule has 0 fully saturated rings. The van der Waals surface area contributed by atoms with Gasteiger partial charge in [-0.2, -0.15) is 0 Å². The quantitative estimate of drug-likeness (QED) is 0.491. The van der Waals surface area contributed by atoms with Crippen molar-refractivity contribution in [2.24, 2.45) is 0 Å². The van der Waals surface area contributed by atoms with Gasteiger partial charge >= 0.3 is 0 Å². The van der Waals surface area contributed by atoms with Crippen molar-refractivity contribution in [2.45, 2.75) is 12.5 Å². The van der Waals surface area contributed by atoms with Gasteiger partial charge in [-0.3, -0.25) is 4.79 Å². The van der Waals surface area contributed by atoms with Crippen molar-refractivity contribution in [3.05, 3.63) is 35.4 Å². The molecule has 1 aromatic rings. The number of fused-ring (bicyclic) bond motifs is 1. The van der Waals surface area contributed by atoms with Crippen LogP contribution in [-0.4, -0.2) is 12.4 Å². The van der Waals surface area contributed by atoms with Crippen molar-refractivity contribution in [1.82, 2.24) is 0 Å². The Morgan fingerprint density at radius 2 is 2.29 bits per heavy atom. The van der Waals surface area contributed by atoms with E-state index in [0.717, 1.165) is 17.5 Å². The van der Waals surface area contributed by atoms with Crippen LogP contribution in [0, 0.1) is 12.3 Å². The molecule has 0 saturated carbocycles. The number of hydrogen-bond donors (Lipinski definition) is 0. The van der Waals surface area contributed by atoms with E-state index in [1.807, 2.05) is 24.3 Å². The van der Waals surface area contributed by atoms with E-state index >= 15 is 0 Å². The number of benzene rings is 1. The highest BCUT2D eigenvalue weighted by Gasteiger charge is 2.25. The minimum absolute atomic E-state index is 0.294. The van der Waals surface area contributed by atoms with Crippen LogP contribution >= 0.6 is 0 Å². The number of rotatable bonds is 1. The zero-order valence-electron chi connectivity index (χ0n) is 7.69. The molecule has 0 bridgehead atoms. The van der Waals surface area contributed by atoms with Crippen LogP contribution in [0.5, 0.6) is 0 Å². The smallest absolute Gasteiger partial charge is 0.238 e. The van der Waals surface area contributed by atoms with Crippen molar-refractivity contribution < 1.29 is 9.53 Å². The van der Waals surface area contributed by atoms with E-state index in [0.29, 0.717) is 6.61 Å². The Hall–Kier alpha value is -1.59. The van der Waals surface area contributed by atoms with Crippen molar-refractivity contribution in [2.75, 3.05) is 6.61 Å². The van der Waals surface area contributed by atoms with Gasteiger partial charge in [0.05, 0.1) is 6.61 Å². The monoisotopic (exact) mass is 186 g/mol. The third-order valence-corrected chi connectivity index (χ3v) is 2.37. The first-order valence-electron chi connectivity index (χ1n) is 4.53. The van der Waals surface area contributed by atoms with Gasteiger partial charge < -0.3 is 4.74 Å². The Bertz CT molecular complexity index is 401. The average molecular weight is 186 g/mol.